The summed E-state index contributed by atoms with van der Waals surface area (Å²) < 4.78 is 27.3. The van der Waals surface area contributed by atoms with E-state index >= 15 is 0 Å². The summed E-state index contributed by atoms with van der Waals surface area (Å²) >= 11 is 0. The van der Waals surface area contributed by atoms with Crippen molar-refractivity contribution in [2.75, 3.05) is 13.1 Å². The Bertz CT molecular complexity index is 1060. The summed E-state index contributed by atoms with van der Waals surface area (Å²) in [5.74, 6) is -0.0861. The SMILES string of the molecule is Cc1ccccc1CS(=O)(=O)N1CCC(C(=O)N[C@@H](C)c2ccc3c(c2)CCC3)CC1. The van der Waals surface area contributed by atoms with Gasteiger partial charge in [0.2, 0.25) is 15.9 Å². The van der Waals surface area contributed by atoms with Crippen LogP contribution in [0.25, 0.3) is 0 Å². The van der Waals surface area contributed by atoms with Crippen molar-refractivity contribution >= 4 is 15.9 Å². The van der Waals surface area contributed by atoms with Gasteiger partial charge in [0.25, 0.3) is 0 Å². The number of hydrogen-bond donors (Lipinski definition) is 1. The zero-order valence-corrected chi connectivity index (χ0v) is 19.2. The minimum absolute atomic E-state index is 0.0197. The van der Waals surface area contributed by atoms with E-state index in [4.69, 9.17) is 0 Å². The van der Waals surface area contributed by atoms with Crippen LogP contribution in [0.4, 0.5) is 0 Å². The summed E-state index contributed by atoms with van der Waals surface area (Å²) in [6.07, 6.45) is 4.62. The first-order valence-electron chi connectivity index (χ1n) is 11.3. The molecule has 1 atom stereocenters. The van der Waals surface area contributed by atoms with Gasteiger partial charge in [-0.1, -0.05) is 42.5 Å². The molecule has 1 heterocycles. The molecule has 4 rings (SSSR count). The van der Waals surface area contributed by atoms with E-state index in [0.29, 0.717) is 25.9 Å². The van der Waals surface area contributed by atoms with Gasteiger partial charge >= 0.3 is 0 Å². The van der Waals surface area contributed by atoms with E-state index in [1.807, 2.05) is 38.1 Å². The molecule has 0 unspecified atom stereocenters. The highest BCUT2D eigenvalue weighted by Crippen LogP contribution is 2.27. The van der Waals surface area contributed by atoms with Crippen LogP contribution in [-0.4, -0.2) is 31.7 Å². The molecule has 0 saturated carbocycles. The fourth-order valence-electron chi connectivity index (χ4n) is 4.73. The van der Waals surface area contributed by atoms with Gasteiger partial charge in [0.05, 0.1) is 11.8 Å². The van der Waals surface area contributed by atoms with Gasteiger partial charge in [-0.05, 0) is 73.8 Å². The fraction of sp³-hybridized carbons (Fsp3) is 0.480. The topological polar surface area (TPSA) is 66.5 Å². The molecule has 2 aromatic carbocycles. The Kier molecular flexibility index (Phi) is 6.49. The molecule has 5 nitrogen and oxygen atoms in total. The third kappa shape index (κ3) is 5.01. The number of fused-ring (bicyclic) bond motifs is 1. The monoisotopic (exact) mass is 440 g/mol. The van der Waals surface area contributed by atoms with Crippen molar-refractivity contribution in [3.8, 4) is 0 Å². The standard InChI is InChI=1S/C25H32N2O3S/c1-18-6-3-4-7-24(18)17-31(29,30)27-14-12-21(13-15-27)25(28)26-19(2)22-11-10-20-8-5-9-23(20)16-22/h3-4,6-7,10-11,16,19,21H,5,8-9,12-15,17H2,1-2H3,(H,26,28)/t19-/m0/s1. The highest BCUT2D eigenvalue weighted by molar-refractivity contribution is 7.88. The van der Waals surface area contributed by atoms with Crippen LogP contribution in [0.3, 0.4) is 0 Å². The Morgan fingerprint density at radius 2 is 1.81 bits per heavy atom. The molecule has 0 aromatic heterocycles. The second-order valence-electron chi connectivity index (χ2n) is 8.97. The molecule has 2 aliphatic rings. The minimum atomic E-state index is -3.38. The highest BCUT2D eigenvalue weighted by atomic mass is 32.2. The number of aryl methyl sites for hydroxylation is 3. The van der Waals surface area contributed by atoms with E-state index in [9.17, 15) is 13.2 Å². The number of sulfonamides is 1. The summed E-state index contributed by atoms with van der Waals surface area (Å²) in [7, 11) is -3.38. The predicted octanol–water partition coefficient (Wildman–Crippen LogP) is 3.90. The van der Waals surface area contributed by atoms with Gasteiger partial charge in [-0.15, -0.1) is 0 Å². The number of carbonyl (C=O) groups is 1. The normalized spacial score (nSPS) is 18.5. The number of nitrogens with one attached hydrogen (secondary N) is 1. The Morgan fingerprint density at radius 1 is 1.10 bits per heavy atom. The number of carbonyl (C=O) groups excluding carboxylic acids is 1. The fourth-order valence-corrected chi connectivity index (χ4v) is 6.40. The Morgan fingerprint density at radius 3 is 2.55 bits per heavy atom. The van der Waals surface area contributed by atoms with E-state index in [1.54, 1.807) is 4.31 Å². The Balaban J connectivity index is 1.32. The lowest BCUT2D eigenvalue weighted by Crippen LogP contribution is -2.43. The molecule has 1 aliphatic carbocycles. The van der Waals surface area contributed by atoms with Gasteiger partial charge in [0, 0.05) is 19.0 Å². The van der Waals surface area contributed by atoms with Crippen molar-refractivity contribution in [2.24, 2.45) is 5.92 Å². The molecular weight excluding hydrogens is 408 g/mol. The van der Waals surface area contributed by atoms with Gasteiger partial charge in [-0.25, -0.2) is 12.7 Å². The summed E-state index contributed by atoms with van der Waals surface area (Å²) in [5.41, 5.74) is 5.81. The van der Waals surface area contributed by atoms with Crippen molar-refractivity contribution in [1.29, 1.82) is 0 Å². The highest BCUT2D eigenvalue weighted by Gasteiger charge is 2.32. The summed E-state index contributed by atoms with van der Waals surface area (Å²) in [6.45, 7) is 4.76. The molecule has 6 heteroatoms. The Hall–Kier alpha value is -2.18. The number of amides is 1. The number of hydrogen-bond acceptors (Lipinski definition) is 3. The number of piperidine rings is 1. The molecule has 1 amide bonds. The zero-order chi connectivity index (χ0) is 22.0. The molecule has 0 spiro atoms. The average Bonchev–Trinajstić information content (AvgIpc) is 3.23. The van der Waals surface area contributed by atoms with E-state index < -0.39 is 10.0 Å². The van der Waals surface area contributed by atoms with Gasteiger partial charge in [0.15, 0.2) is 0 Å². The summed E-state index contributed by atoms with van der Waals surface area (Å²) in [4.78, 5) is 12.8. The smallest absolute Gasteiger partial charge is 0.223 e. The van der Waals surface area contributed by atoms with Crippen molar-refractivity contribution in [2.45, 2.75) is 57.7 Å². The first kappa shape index (κ1) is 22.0. The summed E-state index contributed by atoms with van der Waals surface area (Å²) in [5, 5.41) is 3.15. The molecule has 166 valence electrons. The van der Waals surface area contributed by atoms with Gasteiger partial charge in [0.1, 0.15) is 0 Å². The van der Waals surface area contributed by atoms with E-state index in [-0.39, 0.29) is 23.6 Å². The molecule has 2 aromatic rings. The van der Waals surface area contributed by atoms with Crippen molar-refractivity contribution < 1.29 is 13.2 Å². The number of nitrogens with zero attached hydrogens (tertiary/aromatic N) is 1. The zero-order valence-electron chi connectivity index (χ0n) is 18.4. The molecular formula is C25H32N2O3S. The third-order valence-electron chi connectivity index (χ3n) is 6.80. The molecule has 31 heavy (non-hydrogen) atoms. The van der Waals surface area contributed by atoms with Crippen LogP contribution < -0.4 is 5.32 Å². The van der Waals surface area contributed by atoms with Crippen molar-refractivity contribution in [1.82, 2.24) is 9.62 Å². The lowest BCUT2D eigenvalue weighted by atomic mass is 9.96. The van der Waals surface area contributed by atoms with Gasteiger partial charge < -0.3 is 5.32 Å². The van der Waals surface area contributed by atoms with Crippen LogP contribution in [0.2, 0.25) is 0 Å². The quantitative estimate of drug-likeness (QED) is 0.741. The van der Waals surface area contributed by atoms with E-state index in [2.05, 4.69) is 23.5 Å². The second kappa shape index (κ2) is 9.13. The number of rotatable bonds is 6. The largest absolute Gasteiger partial charge is 0.349 e. The lowest BCUT2D eigenvalue weighted by Gasteiger charge is -2.31. The molecule has 1 saturated heterocycles. The summed E-state index contributed by atoms with van der Waals surface area (Å²) in [6, 6.07) is 14.1. The minimum Gasteiger partial charge on any atom is -0.349 e. The van der Waals surface area contributed by atoms with Crippen LogP contribution in [0.1, 0.15) is 60.0 Å². The lowest BCUT2D eigenvalue weighted by molar-refractivity contribution is -0.126. The average molecular weight is 441 g/mol. The Labute approximate surface area is 185 Å². The maximum Gasteiger partial charge on any atom is 0.223 e. The first-order chi connectivity index (χ1) is 14.8. The third-order valence-corrected chi connectivity index (χ3v) is 8.63. The van der Waals surface area contributed by atoms with Crippen molar-refractivity contribution in [3.05, 3.63) is 70.3 Å². The molecule has 1 N–H and O–H groups in total. The molecule has 1 aliphatic heterocycles. The number of benzene rings is 2. The maximum absolute atomic E-state index is 12.9. The van der Waals surface area contributed by atoms with Gasteiger partial charge in [-0.3, -0.25) is 4.79 Å². The van der Waals surface area contributed by atoms with Crippen LogP contribution in [0.5, 0.6) is 0 Å². The van der Waals surface area contributed by atoms with E-state index in [0.717, 1.165) is 29.5 Å². The van der Waals surface area contributed by atoms with Crippen LogP contribution in [0.15, 0.2) is 42.5 Å². The molecule has 1 fully saturated rings. The predicted molar refractivity (Wildman–Crippen MR) is 123 cm³/mol. The second-order valence-corrected chi connectivity index (χ2v) is 10.9. The van der Waals surface area contributed by atoms with Crippen LogP contribution >= 0.6 is 0 Å². The van der Waals surface area contributed by atoms with Crippen LogP contribution in [0, 0.1) is 12.8 Å². The van der Waals surface area contributed by atoms with Crippen molar-refractivity contribution in [3.63, 3.8) is 0 Å². The van der Waals surface area contributed by atoms with Gasteiger partial charge in [-0.2, -0.15) is 0 Å². The molecule has 0 bridgehead atoms. The van der Waals surface area contributed by atoms with E-state index in [1.165, 1.54) is 17.5 Å². The molecule has 0 radical (unpaired) electrons. The first-order valence-corrected chi connectivity index (χ1v) is 12.9. The maximum atomic E-state index is 12.9. The van der Waals surface area contributed by atoms with Crippen LogP contribution in [-0.2, 0) is 33.4 Å².